The van der Waals surface area contributed by atoms with Crippen LogP contribution in [0, 0.1) is 30.5 Å². The highest BCUT2D eigenvalue weighted by atomic mass is 32.2. The molecule has 260 valence electrons. The van der Waals surface area contributed by atoms with Crippen LogP contribution in [0.15, 0.2) is 54.6 Å². The summed E-state index contributed by atoms with van der Waals surface area (Å²) in [6, 6.07) is 14.4. The van der Waals surface area contributed by atoms with Crippen LogP contribution in [0.1, 0.15) is 27.7 Å². The molecule has 4 rings (SSSR count). The second kappa shape index (κ2) is 14.3. The van der Waals surface area contributed by atoms with E-state index in [9.17, 15) is 51.7 Å². The summed E-state index contributed by atoms with van der Waals surface area (Å²) in [7, 11) is -19.8. The van der Waals surface area contributed by atoms with Crippen molar-refractivity contribution in [1.29, 1.82) is 0 Å². The fourth-order valence-corrected chi connectivity index (χ4v) is 9.98. The van der Waals surface area contributed by atoms with E-state index in [0.717, 1.165) is 20.9 Å². The molecule has 19 heteroatoms. The average Bonchev–Trinajstić information content (AvgIpc) is 3.37. The zero-order valence-corrected chi connectivity index (χ0v) is 28.9. The van der Waals surface area contributed by atoms with Crippen molar-refractivity contribution >= 4 is 51.8 Å². The molecule has 1 aromatic heterocycles. The Balaban J connectivity index is 1.79. The van der Waals surface area contributed by atoms with Gasteiger partial charge in [0.2, 0.25) is 0 Å². The molecule has 3 aromatic rings. The van der Waals surface area contributed by atoms with E-state index in [2.05, 4.69) is 0 Å². The van der Waals surface area contributed by atoms with E-state index < -0.39 is 94.3 Å². The molecule has 13 nitrogen and oxygen atoms in total. The molecule has 0 aliphatic carbocycles. The van der Waals surface area contributed by atoms with Gasteiger partial charge in [-0.05, 0) is 59.4 Å². The van der Waals surface area contributed by atoms with Gasteiger partial charge in [-0.3, -0.25) is 4.18 Å². The van der Waals surface area contributed by atoms with Crippen LogP contribution in [0.4, 0.5) is 4.39 Å². The zero-order chi connectivity index (χ0) is 34.9. The van der Waals surface area contributed by atoms with Gasteiger partial charge in [-0.1, -0.05) is 30.3 Å². The van der Waals surface area contributed by atoms with Gasteiger partial charge in [0.05, 0.1) is 55.4 Å². The topological polar surface area (TPSA) is 224 Å². The summed E-state index contributed by atoms with van der Waals surface area (Å²) in [5, 5.41) is 0. The Hall–Kier alpha value is -2.33. The van der Waals surface area contributed by atoms with Gasteiger partial charge in [-0.25, -0.2) is 29.6 Å². The molecule has 0 unspecified atom stereocenters. The summed E-state index contributed by atoms with van der Waals surface area (Å²) >= 11 is 1.43. The lowest BCUT2D eigenvalue weighted by molar-refractivity contribution is -0.144. The van der Waals surface area contributed by atoms with Gasteiger partial charge in [-0.2, -0.15) is 8.42 Å². The first kappa shape index (κ1) is 37.5. The van der Waals surface area contributed by atoms with Crippen molar-refractivity contribution in [2.24, 2.45) is 17.8 Å². The van der Waals surface area contributed by atoms with Crippen LogP contribution in [0.25, 0.3) is 10.4 Å². The third-order valence-electron chi connectivity index (χ3n) is 7.78. The first-order valence-electron chi connectivity index (χ1n) is 13.8. The van der Waals surface area contributed by atoms with Crippen molar-refractivity contribution in [2.75, 3.05) is 30.1 Å². The Kier molecular flexibility index (Phi) is 11.4. The number of aryl methyl sites for hydroxylation is 1. The van der Waals surface area contributed by atoms with Gasteiger partial charge >= 0.3 is 0 Å². The van der Waals surface area contributed by atoms with E-state index in [1.807, 2.05) is 12.1 Å². The minimum atomic E-state index is -5.23. The number of benzene rings is 2. The highest BCUT2D eigenvalue weighted by Gasteiger charge is 2.48. The minimum absolute atomic E-state index is 0.218. The lowest BCUT2D eigenvalue weighted by Crippen LogP contribution is -2.52. The molecule has 0 N–H and O–H groups in total. The Labute approximate surface area is 277 Å². The lowest BCUT2D eigenvalue weighted by atomic mass is 9.74. The van der Waals surface area contributed by atoms with Crippen molar-refractivity contribution in [2.45, 2.75) is 25.6 Å². The number of halogens is 1. The van der Waals surface area contributed by atoms with Crippen LogP contribution < -0.4 is 0 Å². The molecule has 1 aliphatic rings. The Morgan fingerprint density at radius 1 is 0.787 bits per heavy atom. The summed E-state index contributed by atoms with van der Waals surface area (Å²) < 4.78 is 156. The maximum Gasteiger partial charge on any atom is 0.264 e. The van der Waals surface area contributed by atoms with Crippen molar-refractivity contribution in [1.82, 2.24) is 0 Å². The van der Waals surface area contributed by atoms with Crippen LogP contribution in [0.3, 0.4) is 0 Å². The van der Waals surface area contributed by atoms with Gasteiger partial charge in [0.15, 0.2) is 0 Å². The minimum Gasteiger partial charge on any atom is -0.748 e. The molecular formula is C28H30FO13S5-3. The summed E-state index contributed by atoms with van der Waals surface area (Å²) in [5.41, 5.74) is 2.49. The van der Waals surface area contributed by atoms with Gasteiger partial charge in [0.25, 0.3) is 10.1 Å². The van der Waals surface area contributed by atoms with E-state index in [0.29, 0.717) is 18.2 Å². The predicted octanol–water partition coefficient (Wildman–Crippen LogP) is 2.35. The SMILES string of the molecule is Cc1ccc([C@@H]2O[C@@H](COS(C)(=O)=O)[C@H](CS(=O)(=O)[O-])[C@H](CS(=O)(=O)[O-])[C@@H]2CS(=O)(=O)[O-])cc1Cc1ccc(-c2ccc(F)cc2)s1. The van der Waals surface area contributed by atoms with E-state index in [1.54, 1.807) is 31.2 Å². The van der Waals surface area contributed by atoms with E-state index >= 15 is 0 Å². The maximum atomic E-state index is 13.4. The van der Waals surface area contributed by atoms with Crippen LogP contribution in [-0.4, -0.2) is 83.6 Å². The Bertz CT molecular complexity index is 2020. The van der Waals surface area contributed by atoms with Crippen LogP contribution >= 0.6 is 11.3 Å². The molecule has 0 spiro atoms. The van der Waals surface area contributed by atoms with Crippen LogP contribution in [0.5, 0.6) is 0 Å². The van der Waals surface area contributed by atoms with Crippen molar-refractivity contribution < 1.29 is 60.6 Å². The Morgan fingerprint density at radius 2 is 1.36 bits per heavy atom. The summed E-state index contributed by atoms with van der Waals surface area (Å²) in [4.78, 5) is 1.74. The molecule has 0 saturated carbocycles. The average molecular weight is 754 g/mol. The molecular weight excluding hydrogens is 724 g/mol. The highest BCUT2D eigenvalue weighted by molar-refractivity contribution is 7.86. The number of hydrogen-bond donors (Lipinski definition) is 0. The molecule has 1 aliphatic heterocycles. The maximum absolute atomic E-state index is 13.4. The molecule has 5 atom stereocenters. The highest BCUT2D eigenvalue weighted by Crippen LogP contribution is 2.46. The first-order chi connectivity index (χ1) is 21.6. The molecule has 0 radical (unpaired) electrons. The smallest absolute Gasteiger partial charge is 0.264 e. The molecule has 1 fully saturated rings. The predicted molar refractivity (Wildman–Crippen MR) is 166 cm³/mol. The number of thiophene rings is 1. The van der Waals surface area contributed by atoms with Crippen LogP contribution in [-0.2, 0) is 55.8 Å². The zero-order valence-electron chi connectivity index (χ0n) is 24.8. The fraction of sp³-hybridized carbons (Fsp3) is 0.429. The quantitative estimate of drug-likeness (QED) is 0.181. The van der Waals surface area contributed by atoms with Gasteiger partial charge in [0, 0.05) is 45.3 Å². The largest absolute Gasteiger partial charge is 0.748 e. The molecule has 47 heavy (non-hydrogen) atoms. The number of rotatable bonds is 13. The van der Waals surface area contributed by atoms with Crippen LogP contribution in [0.2, 0.25) is 0 Å². The van der Waals surface area contributed by atoms with E-state index in [4.69, 9.17) is 8.92 Å². The lowest BCUT2D eigenvalue weighted by Gasteiger charge is -2.48. The molecule has 2 aromatic carbocycles. The van der Waals surface area contributed by atoms with Gasteiger partial charge in [0.1, 0.15) is 5.82 Å². The summed E-state index contributed by atoms with van der Waals surface area (Å²) in [6.07, 6.45) is -2.08. The summed E-state index contributed by atoms with van der Waals surface area (Å²) in [6.45, 7) is 0.890. The second-order valence-corrected chi connectivity index (χ2v) is 18.5. The monoisotopic (exact) mass is 753 g/mol. The van der Waals surface area contributed by atoms with E-state index in [1.165, 1.54) is 29.5 Å². The first-order valence-corrected chi connectivity index (χ1v) is 21.2. The normalized spacial score (nSPS) is 22.7. The summed E-state index contributed by atoms with van der Waals surface area (Å²) in [5.74, 6) is -9.51. The van der Waals surface area contributed by atoms with Gasteiger partial charge < -0.3 is 18.4 Å². The van der Waals surface area contributed by atoms with E-state index in [-0.39, 0.29) is 11.4 Å². The Morgan fingerprint density at radius 3 is 1.94 bits per heavy atom. The molecule has 0 amide bonds. The van der Waals surface area contributed by atoms with Crippen molar-refractivity contribution in [3.8, 4) is 10.4 Å². The molecule has 2 heterocycles. The third kappa shape index (κ3) is 11.1. The number of ether oxygens (including phenoxy) is 1. The van der Waals surface area contributed by atoms with Crippen molar-refractivity contribution in [3.05, 3.63) is 82.0 Å². The third-order valence-corrected chi connectivity index (χ3v) is 11.9. The van der Waals surface area contributed by atoms with Crippen molar-refractivity contribution in [3.63, 3.8) is 0 Å². The fourth-order valence-electron chi connectivity index (χ4n) is 5.77. The molecule has 1 saturated heterocycles. The number of hydrogen-bond acceptors (Lipinski definition) is 14. The van der Waals surface area contributed by atoms with Gasteiger partial charge in [-0.15, -0.1) is 11.3 Å². The molecule has 0 bridgehead atoms. The standard InChI is InChI=1S/C28H33FO13S5/c1-17-3-4-19(11-20(17)12-22-9-10-27(43-22)18-5-7-21(29)8-6-18)28-25(16-47(38,39)40)23(14-45(32,33)34)24(15-46(35,36)37)26(42-28)13-41-44(2,30)31/h3-11,23-26,28H,12-16H2,1-2H3,(H,32,33,34)(H,35,36,37)(H,38,39,40)/p-3/t23-,24+,25-,26-,28-/m0/s1. The second-order valence-electron chi connectivity index (χ2n) is 11.4.